The fourth-order valence-corrected chi connectivity index (χ4v) is 0.604. The number of alkyl halides is 8. The fraction of sp³-hybridized carbons (Fsp3) is 0.833. The molecule has 20 heavy (non-hydrogen) atoms. The van der Waals surface area contributed by atoms with Gasteiger partial charge in [-0.25, -0.2) is 9.47 Å². The zero-order valence-electron chi connectivity index (χ0n) is 9.08. The molecule has 1 radical (unpaired) electrons. The molecule has 0 heterocycles. The maximum absolute atomic E-state index is 12.4. The van der Waals surface area contributed by atoms with Gasteiger partial charge in [0.05, 0.1) is 0 Å². The standard InChI is InChI=1S/C6H3F10O3.Y/c1-3(9,10)18-4(11,12)5(13,14)19-6(15,16)17-2(7)8;/h1H3;/q-1;. The second-order valence-electron chi connectivity index (χ2n) is 2.84. The van der Waals surface area contributed by atoms with Crippen LogP contribution in [-0.4, -0.2) is 24.6 Å². The van der Waals surface area contributed by atoms with E-state index in [1.165, 1.54) is 0 Å². The number of hydrogen-bond acceptors (Lipinski definition) is 3. The van der Waals surface area contributed by atoms with Crippen LogP contribution in [0.15, 0.2) is 0 Å². The van der Waals surface area contributed by atoms with Crippen LogP contribution in [0.25, 0.3) is 0 Å². The van der Waals surface area contributed by atoms with Crippen molar-refractivity contribution in [3.63, 3.8) is 0 Å². The maximum atomic E-state index is 12.4. The van der Waals surface area contributed by atoms with E-state index in [9.17, 15) is 43.9 Å². The normalized spacial score (nSPS) is 14.4. The van der Waals surface area contributed by atoms with E-state index in [-0.39, 0.29) is 32.7 Å². The predicted molar refractivity (Wildman–Crippen MR) is 34.2 cm³/mol. The van der Waals surface area contributed by atoms with Crippen molar-refractivity contribution in [2.24, 2.45) is 0 Å². The number of halogens is 10. The fourth-order valence-electron chi connectivity index (χ4n) is 0.604. The molecule has 3 nitrogen and oxygen atoms in total. The Bertz CT molecular complexity index is 304. The number of rotatable bonds is 7. The van der Waals surface area contributed by atoms with E-state index in [2.05, 4.69) is 9.47 Å². The summed E-state index contributed by atoms with van der Waals surface area (Å²) in [5, 5.41) is 0. The molecule has 0 atom stereocenters. The molecule has 0 spiro atoms. The molecule has 0 aromatic rings. The molecule has 0 aromatic carbocycles. The van der Waals surface area contributed by atoms with E-state index in [1.54, 1.807) is 0 Å². The molecule has 0 unspecified atom stereocenters. The van der Waals surface area contributed by atoms with Crippen LogP contribution >= 0.6 is 0 Å². The molecule has 0 N–H and O–H groups in total. The van der Waals surface area contributed by atoms with Gasteiger partial charge in [0, 0.05) is 39.6 Å². The summed E-state index contributed by atoms with van der Waals surface area (Å²) in [5.74, 6) is 0. The Morgan fingerprint density at radius 2 is 1.10 bits per heavy atom. The van der Waals surface area contributed by atoms with Crippen LogP contribution in [0.4, 0.5) is 43.9 Å². The van der Waals surface area contributed by atoms with Crippen LogP contribution in [0.5, 0.6) is 0 Å². The third-order valence-electron chi connectivity index (χ3n) is 1.09. The van der Waals surface area contributed by atoms with Crippen LogP contribution in [-0.2, 0) is 46.9 Å². The Balaban J connectivity index is 0. The topological polar surface area (TPSA) is 27.7 Å². The van der Waals surface area contributed by atoms with Gasteiger partial charge >= 0.3 is 24.6 Å². The van der Waals surface area contributed by atoms with Gasteiger partial charge in [0.2, 0.25) is 0 Å². The molecule has 14 heteroatoms. The van der Waals surface area contributed by atoms with E-state index in [0.29, 0.717) is 0 Å². The number of hydrogen-bond donors (Lipinski definition) is 0. The van der Waals surface area contributed by atoms with Gasteiger partial charge in [0.25, 0.3) is 0 Å². The van der Waals surface area contributed by atoms with Gasteiger partial charge in [-0.15, -0.1) is 8.78 Å². The summed E-state index contributed by atoms with van der Waals surface area (Å²) in [6.07, 6.45) is -23.4. The predicted octanol–water partition coefficient (Wildman–Crippen LogP) is 3.77. The van der Waals surface area contributed by atoms with Crippen molar-refractivity contribution in [1.82, 2.24) is 0 Å². The summed E-state index contributed by atoms with van der Waals surface area (Å²) in [5.41, 5.74) is 0. The van der Waals surface area contributed by atoms with E-state index in [4.69, 9.17) is 0 Å². The molecule has 0 fully saturated rings. The van der Waals surface area contributed by atoms with Gasteiger partial charge in [-0.05, 0) is 0 Å². The summed E-state index contributed by atoms with van der Waals surface area (Å²) in [6.45, 7) is -3.99. The van der Waals surface area contributed by atoms with Crippen LogP contribution in [0, 0.1) is 6.61 Å². The summed E-state index contributed by atoms with van der Waals surface area (Å²) < 4.78 is 127. The molecular weight excluding hydrogens is 399 g/mol. The second-order valence-corrected chi connectivity index (χ2v) is 2.84. The molecule has 0 bridgehead atoms. The van der Waals surface area contributed by atoms with Gasteiger partial charge in [-0.2, -0.15) is 26.3 Å². The van der Waals surface area contributed by atoms with Crippen molar-refractivity contribution in [3.8, 4) is 0 Å². The minimum atomic E-state index is -6.38. The second kappa shape index (κ2) is 7.03. The minimum absolute atomic E-state index is 0. The minimum Gasteiger partial charge on any atom is -0.407 e. The first-order chi connectivity index (χ1) is 8.08. The SMILES string of the molecule is CC(F)(F)OC(F)(F)C(F)(F)OC(F)(F)O[C-](F)F.[Y]. The first-order valence-electron chi connectivity index (χ1n) is 3.86. The van der Waals surface area contributed by atoms with E-state index in [0.717, 1.165) is 0 Å². The Kier molecular flexibility index (Phi) is 7.93. The molecule has 0 saturated heterocycles. The monoisotopic (exact) mass is 402 g/mol. The maximum Gasteiger partial charge on any atom is 0.464 e. The van der Waals surface area contributed by atoms with Gasteiger partial charge in [0.15, 0.2) is 0 Å². The summed E-state index contributed by atoms with van der Waals surface area (Å²) in [6, 6.07) is 0. The molecule has 0 amide bonds. The molecule has 0 aromatic heterocycles. The first-order valence-corrected chi connectivity index (χ1v) is 3.86. The van der Waals surface area contributed by atoms with Crippen LogP contribution in [0.3, 0.4) is 0 Å². The zero-order valence-corrected chi connectivity index (χ0v) is 11.9. The van der Waals surface area contributed by atoms with E-state index in [1.807, 2.05) is 4.74 Å². The Labute approximate surface area is 129 Å². The smallest absolute Gasteiger partial charge is 0.407 e. The number of ether oxygens (including phenoxy) is 3. The molecule has 0 aliphatic rings. The zero-order chi connectivity index (χ0) is 15.7. The van der Waals surface area contributed by atoms with Crippen molar-refractivity contribution in [2.75, 3.05) is 0 Å². The van der Waals surface area contributed by atoms with Crippen molar-refractivity contribution >= 4 is 0 Å². The quantitative estimate of drug-likeness (QED) is 0.369. The Morgan fingerprint density at radius 1 is 0.750 bits per heavy atom. The van der Waals surface area contributed by atoms with Gasteiger partial charge in [0.1, 0.15) is 6.61 Å². The van der Waals surface area contributed by atoms with Gasteiger partial charge in [-0.3, -0.25) is 0 Å². The first kappa shape index (κ1) is 22.6. The molecule has 119 valence electrons. The molecule has 0 aliphatic heterocycles. The summed E-state index contributed by atoms with van der Waals surface area (Å²) in [7, 11) is 0. The van der Waals surface area contributed by atoms with Crippen molar-refractivity contribution in [1.29, 1.82) is 0 Å². The van der Waals surface area contributed by atoms with Crippen LogP contribution < -0.4 is 0 Å². The van der Waals surface area contributed by atoms with Gasteiger partial charge < -0.3 is 13.5 Å². The van der Waals surface area contributed by atoms with Crippen molar-refractivity contribution in [3.05, 3.63) is 6.61 Å². The van der Waals surface area contributed by atoms with E-state index < -0.39 is 38.2 Å². The Morgan fingerprint density at radius 3 is 1.40 bits per heavy atom. The molecular formula is C6H3F10O3Y-. The summed E-state index contributed by atoms with van der Waals surface area (Å²) in [4.78, 5) is 0. The van der Waals surface area contributed by atoms with Crippen LogP contribution in [0.2, 0.25) is 0 Å². The average Bonchev–Trinajstić information content (AvgIpc) is 1.91. The third-order valence-corrected chi connectivity index (χ3v) is 1.09. The molecule has 0 aliphatic carbocycles. The average molecular weight is 402 g/mol. The molecule has 0 rings (SSSR count). The van der Waals surface area contributed by atoms with Crippen molar-refractivity contribution < 1.29 is 90.8 Å². The van der Waals surface area contributed by atoms with Gasteiger partial charge in [-0.1, -0.05) is 0 Å². The molecule has 0 saturated carbocycles. The summed E-state index contributed by atoms with van der Waals surface area (Å²) >= 11 is 0. The largest absolute Gasteiger partial charge is 0.464 e. The van der Waals surface area contributed by atoms with Crippen LogP contribution in [0.1, 0.15) is 6.92 Å². The van der Waals surface area contributed by atoms with E-state index >= 15 is 0 Å². The Hall–Kier alpha value is 0.284. The third kappa shape index (κ3) is 7.91. The van der Waals surface area contributed by atoms with Crippen molar-refractivity contribution in [2.45, 2.75) is 31.5 Å².